The first-order chi connectivity index (χ1) is 10.4. The van der Waals surface area contributed by atoms with E-state index in [-0.39, 0.29) is 12.6 Å². The van der Waals surface area contributed by atoms with Crippen molar-refractivity contribution in [1.29, 1.82) is 0 Å². The Hall–Kier alpha value is -2.05. The molecule has 2 amide bonds. The first-order valence-corrected chi connectivity index (χ1v) is 7.22. The Balaban J connectivity index is 1.82. The SMILES string of the molecule is Cn1cc(C(C)(O)CNC(=O)NCc2cccc(Cl)c2)cn1. The normalized spacial score (nSPS) is 13.5. The number of hydrogen-bond acceptors (Lipinski definition) is 3. The first kappa shape index (κ1) is 16.3. The topological polar surface area (TPSA) is 79.2 Å². The third kappa shape index (κ3) is 4.47. The molecule has 1 aromatic carbocycles. The van der Waals surface area contributed by atoms with Gasteiger partial charge in [-0.25, -0.2) is 4.79 Å². The van der Waals surface area contributed by atoms with Crippen molar-refractivity contribution in [2.75, 3.05) is 6.54 Å². The molecule has 0 aliphatic carbocycles. The van der Waals surface area contributed by atoms with E-state index in [1.807, 2.05) is 12.1 Å². The number of rotatable bonds is 5. The fourth-order valence-corrected chi connectivity index (χ4v) is 2.16. The fourth-order valence-electron chi connectivity index (χ4n) is 1.95. The van der Waals surface area contributed by atoms with Crippen LogP contribution in [0.5, 0.6) is 0 Å². The number of aromatic nitrogens is 2. The molecule has 0 bridgehead atoms. The van der Waals surface area contributed by atoms with E-state index in [9.17, 15) is 9.90 Å². The minimum absolute atomic E-state index is 0.0834. The average molecular weight is 323 g/mol. The number of aryl methyl sites for hydroxylation is 1. The Morgan fingerprint density at radius 1 is 1.45 bits per heavy atom. The third-order valence-electron chi connectivity index (χ3n) is 3.26. The number of halogens is 1. The van der Waals surface area contributed by atoms with Crippen molar-refractivity contribution in [3.05, 3.63) is 52.8 Å². The van der Waals surface area contributed by atoms with Crippen molar-refractivity contribution in [1.82, 2.24) is 20.4 Å². The van der Waals surface area contributed by atoms with E-state index in [0.717, 1.165) is 5.56 Å². The van der Waals surface area contributed by atoms with Crippen LogP contribution < -0.4 is 10.6 Å². The summed E-state index contributed by atoms with van der Waals surface area (Å²) >= 11 is 5.88. The molecule has 0 fully saturated rings. The summed E-state index contributed by atoms with van der Waals surface area (Å²) in [4.78, 5) is 11.8. The Kier molecular flexibility index (Phi) is 5.05. The summed E-state index contributed by atoms with van der Waals surface area (Å²) in [5.74, 6) is 0. The molecular formula is C15H19ClN4O2. The third-order valence-corrected chi connectivity index (χ3v) is 3.50. The number of amides is 2. The predicted octanol–water partition coefficient (Wildman–Crippen LogP) is 1.78. The molecule has 0 radical (unpaired) electrons. The minimum Gasteiger partial charge on any atom is -0.383 e. The van der Waals surface area contributed by atoms with Crippen LogP contribution in [-0.2, 0) is 19.2 Å². The van der Waals surface area contributed by atoms with E-state index in [0.29, 0.717) is 17.1 Å². The number of nitrogens with zero attached hydrogens (tertiary/aromatic N) is 2. The molecule has 118 valence electrons. The zero-order valence-electron chi connectivity index (χ0n) is 12.5. The maximum atomic E-state index is 11.8. The second kappa shape index (κ2) is 6.81. The molecule has 6 nitrogen and oxygen atoms in total. The summed E-state index contributed by atoms with van der Waals surface area (Å²) in [6, 6.07) is 6.90. The van der Waals surface area contributed by atoms with Gasteiger partial charge in [0.25, 0.3) is 0 Å². The van der Waals surface area contributed by atoms with Gasteiger partial charge in [0.1, 0.15) is 5.60 Å². The summed E-state index contributed by atoms with van der Waals surface area (Å²) in [5.41, 5.74) is 0.369. The van der Waals surface area contributed by atoms with Gasteiger partial charge in [-0.3, -0.25) is 4.68 Å². The van der Waals surface area contributed by atoms with E-state index in [4.69, 9.17) is 11.6 Å². The number of nitrogens with one attached hydrogen (secondary N) is 2. The lowest BCUT2D eigenvalue weighted by atomic mass is 10.00. The van der Waals surface area contributed by atoms with Crippen molar-refractivity contribution in [3.8, 4) is 0 Å². The smallest absolute Gasteiger partial charge is 0.315 e. The van der Waals surface area contributed by atoms with E-state index in [1.165, 1.54) is 0 Å². The molecule has 0 aliphatic heterocycles. The molecule has 1 heterocycles. The molecular weight excluding hydrogens is 304 g/mol. The van der Waals surface area contributed by atoms with E-state index in [2.05, 4.69) is 15.7 Å². The van der Waals surface area contributed by atoms with Crippen molar-refractivity contribution < 1.29 is 9.90 Å². The van der Waals surface area contributed by atoms with Gasteiger partial charge in [-0.05, 0) is 24.6 Å². The molecule has 22 heavy (non-hydrogen) atoms. The van der Waals surface area contributed by atoms with Crippen LogP contribution in [0, 0.1) is 0 Å². The van der Waals surface area contributed by atoms with Gasteiger partial charge in [0.05, 0.1) is 12.7 Å². The van der Waals surface area contributed by atoms with Gasteiger partial charge in [0.15, 0.2) is 0 Å². The van der Waals surface area contributed by atoms with Crippen LogP contribution in [0.25, 0.3) is 0 Å². The summed E-state index contributed by atoms with van der Waals surface area (Å²) in [6.07, 6.45) is 3.29. The number of hydrogen-bond donors (Lipinski definition) is 3. The highest BCUT2D eigenvalue weighted by molar-refractivity contribution is 6.30. The quantitative estimate of drug-likeness (QED) is 0.785. The van der Waals surface area contributed by atoms with Gasteiger partial charge in [-0.1, -0.05) is 23.7 Å². The Morgan fingerprint density at radius 3 is 2.86 bits per heavy atom. The molecule has 1 unspecified atom stereocenters. The highest BCUT2D eigenvalue weighted by Gasteiger charge is 2.25. The maximum absolute atomic E-state index is 11.8. The van der Waals surface area contributed by atoms with Crippen LogP contribution in [0.1, 0.15) is 18.1 Å². The van der Waals surface area contributed by atoms with Crippen LogP contribution in [0.4, 0.5) is 4.79 Å². The average Bonchev–Trinajstić information content (AvgIpc) is 2.91. The number of urea groups is 1. The minimum atomic E-state index is -1.18. The van der Waals surface area contributed by atoms with Crippen LogP contribution >= 0.6 is 11.6 Å². The molecule has 2 rings (SSSR count). The monoisotopic (exact) mass is 322 g/mol. The van der Waals surface area contributed by atoms with Gasteiger partial charge in [0, 0.05) is 30.4 Å². The Morgan fingerprint density at radius 2 is 2.23 bits per heavy atom. The summed E-state index contributed by atoms with van der Waals surface area (Å²) in [7, 11) is 1.77. The molecule has 0 saturated heterocycles. The zero-order chi connectivity index (χ0) is 16.2. The van der Waals surface area contributed by atoms with Crippen molar-refractivity contribution in [2.45, 2.75) is 19.1 Å². The highest BCUT2D eigenvalue weighted by atomic mass is 35.5. The molecule has 0 spiro atoms. The highest BCUT2D eigenvalue weighted by Crippen LogP contribution is 2.18. The lowest BCUT2D eigenvalue weighted by Crippen LogP contribution is -2.43. The fraction of sp³-hybridized carbons (Fsp3) is 0.333. The van der Waals surface area contributed by atoms with Gasteiger partial charge in [0.2, 0.25) is 0 Å². The van der Waals surface area contributed by atoms with Gasteiger partial charge in [-0.2, -0.15) is 5.10 Å². The maximum Gasteiger partial charge on any atom is 0.315 e. The largest absolute Gasteiger partial charge is 0.383 e. The Labute approximate surface area is 134 Å². The molecule has 1 aromatic heterocycles. The Bertz CT molecular complexity index is 654. The van der Waals surface area contributed by atoms with Crippen LogP contribution in [0.3, 0.4) is 0 Å². The van der Waals surface area contributed by atoms with Gasteiger partial charge < -0.3 is 15.7 Å². The molecule has 2 aromatic rings. The van der Waals surface area contributed by atoms with Crippen LogP contribution in [0.15, 0.2) is 36.7 Å². The lowest BCUT2D eigenvalue weighted by molar-refractivity contribution is 0.0593. The van der Waals surface area contributed by atoms with Gasteiger partial charge in [-0.15, -0.1) is 0 Å². The number of carbonyl (C=O) groups is 1. The predicted molar refractivity (Wildman–Crippen MR) is 84.5 cm³/mol. The second-order valence-corrected chi connectivity index (χ2v) is 5.78. The van der Waals surface area contributed by atoms with E-state index >= 15 is 0 Å². The number of carbonyl (C=O) groups excluding carboxylic acids is 1. The van der Waals surface area contributed by atoms with Gasteiger partial charge >= 0.3 is 6.03 Å². The molecule has 1 atom stereocenters. The zero-order valence-corrected chi connectivity index (χ0v) is 13.3. The van der Waals surface area contributed by atoms with Crippen molar-refractivity contribution in [3.63, 3.8) is 0 Å². The molecule has 3 N–H and O–H groups in total. The van der Waals surface area contributed by atoms with Crippen LogP contribution in [-0.4, -0.2) is 27.5 Å². The van der Waals surface area contributed by atoms with Crippen molar-refractivity contribution in [2.24, 2.45) is 7.05 Å². The summed E-state index contributed by atoms with van der Waals surface area (Å²) in [6.45, 7) is 2.07. The number of aliphatic hydroxyl groups is 1. The van der Waals surface area contributed by atoms with E-state index < -0.39 is 5.60 Å². The summed E-state index contributed by atoms with van der Waals surface area (Å²) < 4.78 is 1.60. The van der Waals surface area contributed by atoms with Crippen molar-refractivity contribution >= 4 is 17.6 Å². The first-order valence-electron chi connectivity index (χ1n) is 6.84. The standard InChI is InChI=1S/C15H19ClN4O2/c1-15(22,12-8-19-20(2)9-12)10-18-14(21)17-7-11-4-3-5-13(16)6-11/h3-6,8-9,22H,7,10H2,1-2H3,(H2,17,18,21). The summed E-state index contributed by atoms with van der Waals surface area (Å²) in [5, 5.41) is 20.4. The lowest BCUT2D eigenvalue weighted by Gasteiger charge is -2.22. The molecule has 0 aliphatic rings. The molecule has 0 saturated carbocycles. The number of benzene rings is 1. The van der Waals surface area contributed by atoms with Crippen LogP contribution in [0.2, 0.25) is 5.02 Å². The second-order valence-electron chi connectivity index (χ2n) is 5.34. The molecule has 7 heteroatoms. The van der Waals surface area contributed by atoms with E-state index in [1.54, 1.807) is 43.2 Å².